The first kappa shape index (κ1) is 30.3. The quantitative estimate of drug-likeness (QED) is 0.379. The first-order chi connectivity index (χ1) is 18.3. The van der Waals surface area contributed by atoms with Gasteiger partial charge in [0.25, 0.3) is 0 Å². The minimum absolute atomic E-state index is 0.0186. The minimum atomic E-state index is -0.872. The molecule has 0 spiro atoms. The van der Waals surface area contributed by atoms with E-state index in [0.29, 0.717) is 11.8 Å². The SMILES string of the molecule is CC(=O)O[C@@H]1CC2[C@@]3(C)CC[C@@H](OC(C)=O)C(C)(C)C3CC[C@@]2(C)[C@]2(C)CCC(C3(C)CC[C@@H](C(C)(C)O)O3)C12. The first-order valence-corrected chi connectivity index (χ1v) is 16.0. The molecule has 11 atom stereocenters. The molecule has 6 nitrogen and oxygen atoms in total. The highest BCUT2D eigenvalue weighted by atomic mass is 16.6. The van der Waals surface area contributed by atoms with Crippen molar-refractivity contribution >= 4 is 11.9 Å². The molecule has 1 N–H and O–H groups in total. The number of esters is 2. The van der Waals surface area contributed by atoms with E-state index in [2.05, 4.69) is 41.5 Å². The van der Waals surface area contributed by atoms with E-state index in [0.717, 1.165) is 57.8 Å². The summed E-state index contributed by atoms with van der Waals surface area (Å²) in [6, 6.07) is 0. The highest BCUT2D eigenvalue weighted by Gasteiger charge is 2.72. The Kier molecular flexibility index (Phi) is 7.15. The van der Waals surface area contributed by atoms with Gasteiger partial charge in [0.05, 0.1) is 17.3 Å². The van der Waals surface area contributed by atoms with Crippen molar-refractivity contribution < 1.29 is 28.9 Å². The Hall–Kier alpha value is -1.14. The van der Waals surface area contributed by atoms with Crippen LogP contribution in [-0.4, -0.2) is 46.6 Å². The summed E-state index contributed by atoms with van der Waals surface area (Å²) in [6.07, 6.45) is 8.68. The fourth-order valence-electron chi connectivity index (χ4n) is 11.8. The fourth-order valence-corrected chi connectivity index (χ4v) is 11.8. The summed E-state index contributed by atoms with van der Waals surface area (Å²) in [5.41, 5.74) is -1.10. The van der Waals surface area contributed by atoms with Crippen LogP contribution >= 0.6 is 0 Å². The molecule has 5 rings (SSSR count). The van der Waals surface area contributed by atoms with Crippen LogP contribution in [0.5, 0.6) is 0 Å². The number of ether oxygens (including phenoxy) is 3. The lowest BCUT2D eigenvalue weighted by Gasteiger charge is -2.70. The van der Waals surface area contributed by atoms with Crippen LogP contribution in [0.3, 0.4) is 0 Å². The van der Waals surface area contributed by atoms with Crippen LogP contribution in [0.4, 0.5) is 0 Å². The molecule has 4 saturated carbocycles. The van der Waals surface area contributed by atoms with Crippen LogP contribution in [-0.2, 0) is 23.8 Å². The monoisotopic (exact) mass is 560 g/mol. The number of hydrogen-bond donors (Lipinski definition) is 1. The third-order valence-corrected chi connectivity index (χ3v) is 13.8. The molecule has 228 valence electrons. The Morgan fingerprint density at radius 1 is 0.800 bits per heavy atom. The van der Waals surface area contributed by atoms with Crippen molar-refractivity contribution in [3.05, 3.63) is 0 Å². The summed E-state index contributed by atoms with van der Waals surface area (Å²) in [4.78, 5) is 24.6. The second-order valence-corrected chi connectivity index (χ2v) is 16.6. The first-order valence-electron chi connectivity index (χ1n) is 16.0. The summed E-state index contributed by atoms with van der Waals surface area (Å²) >= 11 is 0. The highest BCUT2D eigenvalue weighted by molar-refractivity contribution is 5.66. The zero-order valence-electron chi connectivity index (χ0n) is 26.9. The maximum Gasteiger partial charge on any atom is 0.302 e. The van der Waals surface area contributed by atoms with Gasteiger partial charge in [0, 0.05) is 25.2 Å². The van der Waals surface area contributed by atoms with Gasteiger partial charge in [-0.15, -0.1) is 0 Å². The maximum atomic E-state index is 12.6. The van der Waals surface area contributed by atoms with Crippen molar-refractivity contribution in [1.29, 1.82) is 0 Å². The summed E-state index contributed by atoms with van der Waals surface area (Å²) < 4.78 is 19.0. The topological polar surface area (TPSA) is 82.1 Å². The Morgan fingerprint density at radius 2 is 1.43 bits per heavy atom. The zero-order chi connectivity index (χ0) is 29.7. The molecular weight excluding hydrogens is 504 g/mol. The molecule has 6 heteroatoms. The van der Waals surface area contributed by atoms with Gasteiger partial charge in [-0.25, -0.2) is 0 Å². The van der Waals surface area contributed by atoms with E-state index in [4.69, 9.17) is 14.2 Å². The van der Waals surface area contributed by atoms with E-state index in [1.165, 1.54) is 6.92 Å². The van der Waals surface area contributed by atoms with Crippen molar-refractivity contribution in [2.75, 3.05) is 0 Å². The van der Waals surface area contributed by atoms with Crippen molar-refractivity contribution in [3.63, 3.8) is 0 Å². The molecule has 0 aromatic rings. The average molecular weight is 561 g/mol. The molecule has 1 saturated heterocycles. The van der Waals surface area contributed by atoms with Crippen LogP contribution in [0.1, 0.15) is 127 Å². The second-order valence-electron chi connectivity index (χ2n) is 16.6. The smallest absolute Gasteiger partial charge is 0.302 e. The van der Waals surface area contributed by atoms with Crippen molar-refractivity contribution in [2.24, 2.45) is 45.3 Å². The summed E-state index contributed by atoms with van der Waals surface area (Å²) in [5, 5.41) is 10.8. The molecule has 5 aliphatic rings. The zero-order valence-corrected chi connectivity index (χ0v) is 26.9. The van der Waals surface area contributed by atoms with Gasteiger partial charge in [-0.05, 0) is 113 Å². The standard InChI is InChI=1S/C34H56O6/c1-20(35)38-23-19-25-31(7)15-13-26(39-21(2)36)29(3,4)24(31)12-17-32(25,8)33(9)16-11-22(28(23)33)34(10)18-14-27(40-34)30(5,6)37/h22-28,37H,11-19H2,1-10H3/t22?,23-,24?,25?,26-,27+,28?,31+,32-,33-,34?/m1/s1. The lowest BCUT2D eigenvalue weighted by molar-refractivity contribution is -0.254. The fraction of sp³-hybridized carbons (Fsp3) is 0.941. The normalized spacial score (nSPS) is 49.9. The summed E-state index contributed by atoms with van der Waals surface area (Å²) in [6.45, 7) is 21.2. The summed E-state index contributed by atoms with van der Waals surface area (Å²) in [7, 11) is 0. The predicted octanol–water partition coefficient (Wildman–Crippen LogP) is 6.85. The molecule has 0 aromatic carbocycles. The molecule has 5 fully saturated rings. The maximum absolute atomic E-state index is 12.6. The third-order valence-electron chi connectivity index (χ3n) is 13.8. The Balaban J connectivity index is 1.52. The van der Waals surface area contributed by atoms with Crippen molar-refractivity contribution in [2.45, 2.75) is 157 Å². The largest absolute Gasteiger partial charge is 0.462 e. The lowest BCUT2D eigenvalue weighted by atomic mass is 9.35. The van der Waals surface area contributed by atoms with Crippen LogP contribution in [0.2, 0.25) is 0 Å². The molecule has 4 aliphatic carbocycles. The number of aliphatic hydroxyl groups is 1. The molecule has 1 heterocycles. The number of fused-ring (bicyclic) bond motifs is 5. The molecule has 1 aliphatic heterocycles. The Bertz CT molecular complexity index is 1030. The van der Waals surface area contributed by atoms with E-state index in [-0.39, 0.29) is 69.3 Å². The highest BCUT2D eigenvalue weighted by Crippen LogP contribution is 2.76. The van der Waals surface area contributed by atoms with Crippen LogP contribution in [0, 0.1) is 45.3 Å². The van der Waals surface area contributed by atoms with E-state index < -0.39 is 5.60 Å². The molecule has 40 heavy (non-hydrogen) atoms. The van der Waals surface area contributed by atoms with Gasteiger partial charge in [0.15, 0.2) is 0 Å². The lowest BCUT2D eigenvalue weighted by Crippen LogP contribution is -2.67. The van der Waals surface area contributed by atoms with E-state index in [9.17, 15) is 14.7 Å². The molecular formula is C34H56O6. The molecule has 0 bridgehead atoms. The Morgan fingerprint density at radius 3 is 2.00 bits per heavy atom. The summed E-state index contributed by atoms with van der Waals surface area (Å²) in [5.74, 6) is 1.00. The second kappa shape index (κ2) is 9.43. The van der Waals surface area contributed by atoms with Crippen LogP contribution in [0.25, 0.3) is 0 Å². The van der Waals surface area contributed by atoms with Crippen molar-refractivity contribution in [3.8, 4) is 0 Å². The van der Waals surface area contributed by atoms with Gasteiger partial charge in [-0.2, -0.15) is 0 Å². The van der Waals surface area contributed by atoms with Crippen LogP contribution < -0.4 is 0 Å². The number of carbonyl (C=O) groups excluding carboxylic acids is 2. The minimum Gasteiger partial charge on any atom is -0.462 e. The average Bonchev–Trinajstić information content (AvgIpc) is 3.39. The molecule has 0 aromatic heterocycles. The van der Waals surface area contributed by atoms with E-state index in [1.807, 2.05) is 13.8 Å². The van der Waals surface area contributed by atoms with Gasteiger partial charge in [0.1, 0.15) is 12.2 Å². The van der Waals surface area contributed by atoms with Gasteiger partial charge in [0.2, 0.25) is 0 Å². The molecule has 0 radical (unpaired) electrons. The van der Waals surface area contributed by atoms with E-state index in [1.54, 1.807) is 6.92 Å². The number of rotatable bonds is 4. The predicted molar refractivity (Wildman–Crippen MR) is 154 cm³/mol. The number of carbonyl (C=O) groups is 2. The molecule has 5 unspecified atom stereocenters. The van der Waals surface area contributed by atoms with Gasteiger partial charge < -0.3 is 19.3 Å². The van der Waals surface area contributed by atoms with Crippen LogP contribution in [0.15, 0.2) is 0 Å². The molecule has 0 amide bonds. The Labute approximate surface area is 242 Å². The number of hydrogen-bond acceptors (Lipinski definition) is 6. The van der Waals surface area contributed by atoms with Crippen molar-refractivity contribution in [1.82, 2.24) is 0 Å². The van der Waals surface area contributed by atoms with E-state index >= 15 is 0 Å². The van der Waals surface area contributed by atoms with Gasteiger partial charge in [-0.1, -0.05) is 34.6 Å². The van der Waals surface area contributed by atoms with Gasteiger partial charge >= 0.3 is 11.9 Å². The van der Waals surface area contributed by atoms with Gasteiger partial charge in [-0.3, -0.25) is 9.59 Å². The third kappa shape index (κ3) is 4.31.